The van der Waals surface area contributed by atoms with E-state index in [0.29, 0.717) is 0 Å². The number of carbonyl (C=O) groups is 1. The molecule has 4 nitrogen and oxygen atoms in total. The van der Waals surface area contributed by atoms with E-state index in [1.807, 2.05) is 25.7 Å². The van der Waals surface area contributed by atoms with Gasteiger partial charge in [-0.3, -0.25) is 0 Å². The first-order valence-electron chi connectivity index (χ1n) is 9.80. The zero-order valence-corrected chi connectivity index (χ0v) is 17.8. The predicted octanol–water partition coefficient (Wildman–Crippen LogP) is 5.31. The lowest BCUT2D eigenvalue weighted by molar-refractivity contribution is 0.0152. The van der Waals surface area contributed by atoms with Crippen LogP contribution in [0, 0.1) is 11.8 Å². The molecular formula is C21H31BrN2O2. The third-order valence-electron chi connectivity index (χ3n) is 5.59. The first-order valence-corrected chi connectivity index (χ1v) is 10.6. The molecule has 0 saturated carbocycles. The van der Waals surface area contributed by atoms with Gasteiger partial charge in [-0.1, -0.05) is 15.9 Å². The number of benzene rings is 1. The van der Waals surface area contributed by atoms with Crippen LogP contribution in [0.1, 0.15) is 46.5 Å². The number of hydrogen-bond donors (Lipinski definition) is 0. The molecule has 0 aromatic heterocycles. The van der Waals surface area contributed by atoms with Crippen molar-refractivity contribution in [2.75, 3.05) is 31.1 Å². The molecule has 1 aromatic rings. The summed E-state index contributed by atoms with van der Waals surface area (Å²) in [5.41, 5.74) is 0.916. The minimum atomic E-state index is -0.409. The van der Waals surface area contributed by atoms with Crippen LogP contribution in [0.5, 0.6) is 0 Å². The van der Waals surface area contributed by atoms with E-state index in [4.69, 9.17) is 4.74 Å². The SMILES string of the molecule is CC(C)(C)OC(=O)N1CCC(C2CCN(c3ccc(Br)cc3)CC2)CC1. The summed E-state index contributed by atoms with van der Waals surface area (Å²) in [6.07, 6.45) is 4.59. The number of halogens is 1. The number of amides is 1. The van der Waals surface area contributed by atoms with Crippen molar-refractivity contribution in [2.24, 2.45) is 11.8 Å². The van der Waals surface area contributed by atoms with Crippen LogP contribution in [0.3, 0.4) is 0 Å². The largest absolute Gasteiger partial charge is 0.444 e. The van der Waals surface area contributed by atoms with E-state index in [1.165, 1.54) is 18.5 Å². The maximum Gasteiger partial charge on any atom is 0.410 e. The first kappa shape index (κ1) is 19.5. The van der Waals surface area contributed by atoms with Crippen LogP contribution in [0.4, 0.5) is 10.5 Å². The minimum Gasteiger partial charge on any atom is -0.444 e. The molecule has 2 heterocycles. The third kappa shape index (κ3) is 5.15. The highest BCUT2D eigenvalue weighted by Gasteiger charge is 2.32. The fraction of sp³-hybridized carbons (Fsp3) is 0.667. The van der Waals surface area contributed by atoms with E-state index in [-0.39, 0.29) is 6.09 Å². The van der Waals surface area contributed by atoms with E-state index in [2.05, 4.69) is 45.1 Å². The summed E-state index contributed by atoms with van der Waals surface area (Å²) in [6, 6.07) is 8.63. The average molecular weight is 423 g/mol. The molecule has 1 amide bonds. The van der Waals surface area contributed by atoms with Crippen LogP contribution in [0.15, 0.2) is 28.7 Å². The zero-order valence-electron chi connectivity index (χ0n) is 16.2. The fourth-order valence-corrected chi connectivity index (χ4v) is 4.43. The molecule has 0 aliphatic carbocycles. The molecule has 144 valence electrons. The van der Waals surface area contributed by atoms with Crippen molar-refractivity contribution in [2.45, 2.75) is 52.1 Å². The number of hydrogen-bond acceptors (Lipinski definition) is 3. The van der Waals surface area contributed by atoms with Gasteiger partial charge in [-0.2, -0.15) is 0 Å². The Labute approximate surface area is 166 Å². The molecule has 26 heavy (non-hydrogen) atoms. The maximum absolute atomic E-state index is 12.2. The predicted molar refractivity (Wildman–Crippen MR) is 110 cm³/mol. The van der Waals surface area contributed by atoms with Crippen LogP contribution >= 0.6 is 15.9 Å². The van der Waals surface area contributed by atoms with Crippen molar-refractivity contribution in [3.05, 3.63) is 28.7 Å². The van der Waals surface area contributed by atoms with Crippen LogP contribution in [0.25, 0.3) is 0 Å². The molecule has 3 rings (SSSR count). The molecule has 0 N–H and O–H groups in total. The van der Waals surface area contributed by atoms with Gasteiger partial charge in [0.05, 0.1) is 0 Å². The number of piperidine rings is 2. The van der Waals surface area contributed by atoms with Crippen molar-refractivity contribution >= 4 is 27.7 Å². The van der Waals surface area contributed by atoms with Crippen molar-refractivity contribution in [1.29, 1.82) is 0 Å². The second kappa shape index (κ2) is 8.20. The molecule has 2 saturated heterocycles. The van der Waals surface area contributed by atoms with E-state index < -0.39 is 5.60 Å². The lowest BCUT2D eigenvalue weighted by atomic mass is 9.79. The Morgan fingerprint density at radius 1 is 0.962 bits per heavy atom. The summed E-state index contributed by atoms with van der Waals surface area (Å²) in [6.45, 7) is 9.74. The monoisotopic (exact) mass is 422 g/mol. The van der Waals surface area contributed by atoms with Gasteiger partial charge in [0.1, 0.15) is 5.60 Å². The van der Waals surface area contributed by atoms with Crippen molar-refractivity contribution in [3.63, 3.8) is 0 Å². The molecule has 2 fully saturated rings. The number of likely N-dealkylation sites (tertiary alicyclic amines) is 1. The van der Waals surface area contributed by atoms with Gasteiger partial charge < -0.3 is 14.5 Å². The Bertz CT molecular complexity index is 595. The molecule has 0 unspecified atom stereocenters. The fourth-order valence-electron chi connectivity index (χ4n) is 4.16. The highest BCUT2D eigenvalue weighted by molar-refractivity contribution is 9.10. The van der Waals surface area contributed by atoms with Crippen molar-refractivity contribution < 1.29 is 9.53 Å². The van der Waals surface area contributed by atoms with Gasteiger partial charge in [0.2, 0.25) is 0 Å². The van der Waals surface area contributed by atoms with Gasteiger partial charge in [0.25, 0.3) is 0 Å². The summed E-state index contributed by atoms with van der Waals surface area (Å²) in [7, 11) is 0. The zero-order chi connectivity index (χ0) is 18.7. The number of carbonyl (C=O) groups excluding carboxylic acids is 1. The molecule has 2 aliphatic heterocycles. The smallest absolute Gasteiger partial charge is 0.410 e. The van der Waals surface area contributed by atoms with Crippen LogP contribution in [-0.4, -0.2) is 42.8 Å². The number of ether oxygens (including phenoxy) is 1. The average Bonchev–Trinajstić information content (AvgIpc) is 2.61. The molecule has 1 aromatic carbocycles. The quantitative estimate of drug-likeness (QED) is 0.646. The summed E-state index contributed by atoms with van der Waals surface area (Å²) in [5.74, 6) is 1.54. The Morgan fingerprint density at radius 2 is 1.46 bits per heavy atom. The maximum atomic E-state index is 12.2. The minimum absolute atomic E-state index is 0.152. The van der Waals surface area contributed by atoms with E-state index in [0.717, 1.165) is 55.3 Å². The Morgan fingerprint density at radius 3 is 1.96 bits per heavy atom. The summed E-state index contributed by atoms with van der Waals surface area (Å²) >= 11 is 3.51. The topological polar surface area (TPSA) is 32.8 Å². The first-order chi connectivity index (χ1) is 12.3. The summed E-state index contributed by atoms with van der Waals surface area (Å²) in [4.78, 5) is 16.6. The van der Waals surface area contributed by atoms with Crippen LogP contribution < -0.4 is 4.90 Å². The van der Waals surface area contributed by atoms with Crippen LogP contribution in [0.2, 0.25) is 0 Å². The van der Waals surface area contributed by atoms with Gasteiger partial charge in [0.15, 0.2) is 0 Å². The molecule has 0 bridgehead atoms. The highest BCUT2D eigenvalue weighted by atomic mass is 79.9. The number of nitrogens with zero attached hydrogens (tertiary/aromatic N) is 2. The van der Waals surface area contributed by atoms with Crippen molar-refractivity contribution in [3.8, 4) is 0 Å². The van der Waals surface area contributed by atoms with Gasteiger partial charge in [-0.25, -0.2) is 4.79 Å². The summed E-state index contributed by atoms with van der Waals surface area (Å²) < 4.78 is 6.64. The van der Waals surface area contributed by atoms with Gasteiger partial charge in [0, 0.05) is 36.3 Å². The summed E-state index contributed by atoms with van der Waals surface area (Å²) in [5, 5.41) is 0. The molecule has 0 spiro atoms. The normalized spacial score (nSPS) is 20.3. The molecule has 0 atom stereocenters. The Kier molecular flexibility index (Phi) is 6.16. The molecular weight excluding hydrogens is 392 g/mol. The van der Waals surface area contributed by atoms with E-state index in [9.17, 15) is 4.79 Å². The second-order valence-corrected chi connectivity index (χ2v) is 9.52. The Hall–Kier alpha value is -1.23. The van der Waals surface area contributed by atoms with Gasteiger partial charge in [-0.05, 0) is 82.6 Å². The lowest BCUT2D eigenvalue weighted by Gasteiger charge is -2.41. The molecule has 5 heteroatoms. The standard InChI is InChI=1S/C21H31BrN2O2/c1-21(2,3)26-20(25)24-14-10-17(11-15-24)16-8-12-23(13-9-16)19-6-4-18(22)5-7-19/h4-7,16-17H,8-15H2,1-3H3. The molecule has 0 radical (unpaired) electrons. The van der Waals surface area contributed by atoms with Gasteiger partial charge >= 0.3 is 6.09 Å². The molecule has 2 aliphatic rings. The van der Waals surface area contributed by atoms with Gasteiger partial charge in [-0.15, -0.1) is 0 Å². The number of rotatable bonds is 2. The van der Waals surface area contributed by atoms with Crippen LogP contribution in [-0.2, 0) is 4.74 Å². The number of anilines is 1. The third-order valence-corrected chi connectivity index (χ3v) is 6.12. The highest BCUT2D eigenvalue weighted by Crippen LogP contribution is 2.34. The van der Waals surface area contributed by atoms with E-state index in [1.54, 1.807) is 0 Å². The van der Waals surface area contributed by atoms with Crippen molar-refractivity contribution in [1.82, 2.24) is 4.90 Å². The van der Waals surface area contributed by atoms with E-state index >= 15 is 0 Å². The Balaban J connectivity index is 1.45. The second-order valence-electron chi connectivity index (χ2n) is 8.61. The lowest BCUT2D eigenvalue weighted by Crippen LogP contribution is -2.44.